The summed E-state index contributed by atoms with van der Waals surface area (Å²) in [6.07, 6.45) is 2.58. The average Bonchev–Trinajstić information content (AvgIpc) is 2.30. The Bertz CT molecular complexity index is 326. The molecule has 0 spiro atoms. The van der Waals surface area contributed by atoms with Crippen LogP contribution in [-0.2, 0) is 0 Å². The average molecular weight is 239 g/mol. The van der Waals surface area contributed by atoms with Gasteiger partial charge in [-0.25, -0.2) is 0 Å². The van der Waals surface area contributed by atoms with Crippen molar-refractivity contribution in [3.8, 4) is 0 Å². The molecule has 1 saturated heterocycles. The summed E-state index contributed by atoms with van der Waals surface area (Å²) in [5.41, 5.74) is 7.29. The summed E-state index contributed by atoms with van der Waals surface area (Å²) in [6.45, 7) is 4.26. The molecule has 3 heteroatoms. The van der Waals surface area contributed by atoms with Crippen LogP contribution in [0.5, 0.6) is 0 Å². The maximum Gasteiger partial charge on any atom is 0.0542 e. The molecule has 0 aromatic heterocycles. The van der Waals surface area contributed by atoms with Crippen molar-refractivity contribution < 1.29 is 0 Å². The van der Waals surface area contributed by atoms with Gasteiger partial charge in [-0.3, -0.25) is 4.90 Å². The van der Waals surface area contributed by atoms with E-state index in [0.717, 1.165) is 18.1 Å². The van der Waals surface area contributed by atoms with E-state index >= 15 is 0 Å². The van der Waals surface area contributed by atoms with E-state index in [1.54, 1.807) is 0 Å². The Morgan fingerprint density at radius 2 is 1.81 bits per heavy atom. The number of piperidine rings is 1. The summed E-state index contributed by atoms with van der Waals surface area (Å²) in [5.74, 6) is 0.673. The summed E-state index contributed by atoms with van der Waals surface area (Å²) in [4.78, 5) is 2.34. The molecule has 0 aliphatic carbocycles. The molecule has 1 atom stereocenters. The molecule has 1 aromatic carbocycles. The van der Waals surface area contributed by atoms with Crippen molar-refractivity contribution in [1.82, 2.24) is 4.90 Å². The van der Waals surface area contributed by atoms with Crippen LogP contribution in [0.3, 0.4) is 0 Å². The number of nitrogens with two attached hydrogens (primary N) is 1. The molecule has 1 aliphatic rings. The Morgan fingerprint density at radius 1 is 1.25 bits per heavy atom. The number of hydrogen-bond donors (Lipinski definition) is 1. The predicted octanol–water partition coefficient (Wildman–Crippen LogP) is 2.82. The minimum atomic E-state index is 0.186. The largest absolute Gasteiger partial charge is 0.316 e. The summed E-state index contributed by atoms with van der Waals surface area (Å²) in [6, 6.07) is 8.26. The molecular weight excluding hydrogens is 220 g/mol. The van der Waals surface area contributed by atoms with E-state index in [1.807, 2.05) is 12.1 Å². The lowest BCUT2D eigenvalue weighted by molar-refractivity contribution is 0.165. The quantitative estimate of drug-likeness (QED) is 0.859. The highest BCUT2D eigenvalue weighted by atomic mass is 35.5. The van der Waals surface area contributed by atoms with E-state index in [2.05, 4.69) is 24.0 Å². The van der Waals surface area contributed by atoms with Gasteiger partial charge in [-0.05, 0) is 43.4 Å². The van der Waals surface area contributed by atoms with Crippen molar-refractivity contribution in [3.05, 3.63) is 34.9 Å². The van der Waals surface area contributed by atoms with Gasteiger partial charge in [-0.1, -0.05) is 23.7 Å². The summed E-state index contributed by atoms with van der Waals surface area (Å²) in [7, 11) is 0. The molecule has 2 N–H and O–H groups in total. The van der Waals surface area contributed by atoms with Crippen molar-refractivity contribution in [3.63, 3.8) is 0 Å². The zero-order chi connectivity index (χ0) is 11.5. The third-order valence-electron chi connectivity index (χ3n) is 3.45. The fourth-order valence-corrected chi connectivity index (χ4v) is 2.50. The molecule has 1 unspecified atom stereocenters. The van der Waals surface area contributed by atoms with E-state index in [4.69, 9.17) is 17.3 Å². The Kier molecular flexibility index (Phi) is 3.85. The Morgan fingerprint density at radius 3 is 2.31 bits per heavy atom. The van der Waals surface area contributed by atoms with Crippen molar-refractivity contribution in [2.75, 3.05) is 13.1 Å². The molecule has 2 rings (SSSR count). The van der Waals surface area contributed by atoms with Gasteiger partial charge in [0.2, 0.25) is 0 Å². The maximum absolute atomic E-state index is 5.89. The smallest absolute Gasteiger partial charge is 0.0542 e. The number of halogens is 1. The Balaban J connectivity index is 1.96. The fourth-order valence-electron chi connectivity index (χ4n) is 2.38. The maximum atomic E-state index is 5.89. The van der Waals surface area contributed by atoms with Crippen molar-refractivity contribution in [2.45, 2.75) is 31.8 Å². The molecular formula is C13H19ClN2. The lowest BCUT2D eigenvalue weighted by atomic mass is 9.89. The van der Waals surface area contributed by atoms with Gasteiger partial charge in [0, 0.05) is 18.1 Å². The van der Waals surface area contributed by atoms with Crippen LogP contribution in [0.15, 0.2) is 24.3 Å². The monoisotopic (exact) mass is 238 g/mol. The third kappa shape index (κ3) is 2.76. The first-order chi connectivity index (χ1) is 7.66. The first-order valence-electron chi connectivity index (χ1n) is 5.92. The molecule has 0 radical (unpaired) electrons. The van der Waals surface area contributed by atoms with E-state index in [1.165, 1.54) is 18.4 Å². The lowest BCUT2D eigenvalue weighted by Crippen LogP contribution is -2.44. The highest BCUT2D eigenvalue weighted by Gasteiger charge is 2.21. The topological polar surface area (TPSA) is 29.3 Å². The van der Waals surface area contributed by atoms with Crippen LogP contribution >= 0.6 is 11.6 Å². The Labute approximate surface area is 102 Å². The zero-order valence-corrected chi connectivity index (χ0v) is 10.5. The minimum Gasteiger partial charge on any atom is -0.316 e. The van der Waals surface area contributed by atoms with Crippen LogP contribution in [0.4, 0.5) is 0 Å². The molecule has 0 amide bonds. The Hall–Kier alpha value is -0.570. The van der Waals surface area contributed by atoms with E-state index < -0.39 is 0 Å². The number of rotatable bonds is 2. The van der Waals surface area contributed by atoms with Crippen LogP contribution in [0.1, 0.15) is 31.2 Å². The van der Waals surface area contributed by atoms with Crippen molar-refractivity contribution in [2.24, 2.45) is 5.73 Å². The van der Waals surface area contributed by atoms with Gasteiger partial charge < -0.3 is 5.73 Å². The van der Waals surface area contributed by atoms with E-state index in [-0.39, 0.29) is 6.17 Å². The van der Waals surface area contributed by atoms with Gasteiger partial charge in [-0.15, -0.1) is 0 Å². The molecule has 16 heavy (non-hydrogen) atoms. The number of hydrogen-bond acceptors (Lipinski definition) is 2. The summed E-state index contributed by atoms with van der Waals surface area (Å²) >= 11 is 5.89. The van der Waals surface area contributed by atoms with Crippen molar-refractivity contribution in [1.29, 1.82) is 0 Å². The molecule has 0 bridgehead atoms. The second-order valence-corrected chi connectivity index (χ2v) is 5.04. The van der Waals surface area contributed by atoms with Crippen LogP contribution in [0.25, 0.3) is 0 Å². The second-order valence-electron chi connectivity index (χ2n) is 4.60. The molecule has 1 fully saturated rings. The molecule has 1 heterocycles. The van der Waals surface area contributed by atoms with Gasteiger partial charge in [-0.2, -0.15) is 0 Å². The number of likely N-dealkylation sites (tertiary alicyclic amines) is 1. The normalized spacial score (nSPS) is 20.9. The van der Waals surface area contributed by atoms with Gasteiger partial charge >= 0.3 is 0 Å². The predicted molar refractivity (Wildman–Crippen MR) is 68.6 cm³/mol. The van der Waals surface area contributed by atoms with Gasteiger partial charge in [0.1, 0.15) is 0 Å². The van der Waals surface area contributed by atoms with Gasteiger partial charge in [0.15, 0.2) is 0 Å². The van der Waals surface area contributed by atoms with Crippen LogP contribution in [-0.4, -0.2) is 24.2 Å². The van der Waals surface area contributed by atoms with E-state index in [0.29, 0.717) is 5.92 Å². The highest BCUT2D eigenvalue weighted by molar-refractivity contribution is 6.30. The summed E-state index contributed by atoms with van der Waals surface area (Å²) in [5, 5.41) is 0.816. The first kappa shape index (κ1) is 11.9. The number of benzene rings is 1. The van der Waals surface area contributed by atoms with Crippen LogP contribution < -0.4 is 5.73 Å². The fraction of sp³-hybridized carbons (Fsp3) is 0.538. The van der Waals surface area contributed by atoms with E-state index in [9.17, 15) is 0 Å². The molecule has 2 nitrogen and oxygen atoms in total. The zero-order valence-electron chi connectivity index (χ0n) is 9.70. The third-order valence-corrected chi connectivity index (χ3v) is 3.70. The summed E-state index contributed by atoms with van der Waals surface area (Å²) < 4.78 is 0. The molecule has 0 saturated carbocycles. The lowest BCUT2D eigenvalue weighted by Gasteiger charge is -2.34. The SMILES string of the molecule is CC(N)N1CCC(c2ccc(Cl)cc2)CC1. The van der Waals surface area contributed by atoms with Crippen molar-refractivity contribution >= 4 is 11.6 Å². The molecule has 88 valence electrons. The standard InChI is InChI=1S/C13H19ClN2/c1-10(15)16-8-6-12(7-9-16)11-2-4-13(14)5-3-11/h2-5,10,12H,6-9,15H2,1H3. The highest BCUT2D eigenvalue weighted by Crippen LogP contribution is 2.28. The minimum absolute atomic E-state index is 0.186. The van der Waals surface area contributed by atoms with Crippen LogP contribution in [0.2, 0.25) is 5.02 Å². The second kappa shape index (κ2) is 5.17. The molecule has 1 aliphatic heterocycles. The molecule has 1 aromatic rings. The van der Waals surface area contributed by atoms with Gasteiger partial charge in [0.05, 0.1) is 6.17 Å². The first-order valence-corrected chi connectivity index (χ1v) is 6.29. The number of nitrogens with zero attached hydrogens (tertiary/aromatic N) is 1. The van der Waals surface area contributed by atoms with Crippen LogP contribution in [0, 0.1) is 0 Å². The van der Waals surface area contributed by atoms with Gasteiger partial charge in [0.25, 0.3) is 0 Å².